The second-order valence-corrected chi connectivity index (χ2v) is 6.36. The van der Waals surface area contributed by atoms with Crippen molar-refractivity contribution < 1.29 is 0 Å². The highest BCUT2D eigenvalue weighted by Gasteiger charge is 2.27. The molecule has 3 rings (SSSR count). The van der Waals surface area contributed by atoms with Crippen molar-refractivity contribution in [3.63, 3.8) is 0 Å². The predicted molar refractivity (Wildman–Crippen MR) is 91.7 cm³/mol. The quantitative estimate of drug-likeness (QED) is 0.820. The Labute approximate surface area is 137 Å². The molecule has 7 heteroatoms. The van der Waals surface area contributed by atoms with E-state index in [1.165, 1.54) is 5.69 Å². The average Bonchev–Trinajstić information content (AvgIpc) is 3.17. The lowest BCUT2D eigenvalue weighted by Gasteiger charge is -2.26. The van der Waals surface area contributed by atoms with E-state index in [9.17, 15) is 0 Å². The standard InChI is InChI=1S/C16H25N7/c1-20(2)15-9-16(18-12-17-15)21(3)13-6-8-23(10-13)11-14-5-7-19-22(14)4/h5,7,9,12-13H,6,8,10-11H2,1-4H3. The van der Waals surface area contributed by atoms with E-state index >= 15 is 0 Å². The number of rotatable bonds is 5. The summed E-state index contributed by atoms with van der Waals surface area (Å²) < 4.78 is 1.95. The van der Waals surface area contributed by atoms with Gasteiger partial charge in [0.05, 0.1) is 5.69 Å². The van der Waals surface area contributed by atoms with Crippen LogP contribution in [0.1, 0.15) is 12.1 Å². The molecule has 1 fully saturated rings. The van der Waals surface area contributed by atoms with Crippen molar-refractivity contribution in [3.8, 4) is 0 Å². The summed E-state index contributed by atoms with van der Waals surface area (Å²) in [6.07, 6.45) is 4.65. The van der Waals surface area contributed by atoms with Gasteiger partial charge in [0.25, 0.3) is 0 Å². The third kappa shape index (κ3) is 3.44. The molecule has 1 aliphatic heterocycles. The Kier molecular flexibility index (Phi) is 4.47. The van der Waals surface area contributed by atoms with Crippen molar-refractivity contribution in [2.24, 2.45) is 7.05 Å². The van der Waals surface area contributed by atoms with Gasteiger partial charge in [-0.25, -0.2) is 9.97 Å². The van der Waals surface area contributed by atoms with Crippen LogP contribution in [-0.4, -0.2) is 64.9 Å². The van der Waals surface area contributed by atoms with Crippen molar-refractivity contribution in [1.29, 1.82) is 0 Å². The second kappa shape index (κ2) is 6.54. The predicted octanol–water partition coefficient (Wildman–Crippen LogP) is 0.987. The minimum atomic E-state index is 0.480. The Balaban J connectivity index is 1.64. The smallest absolute Gasteiger partial charge is 0.134 e. The lowest BCUT2D eigenvalue weighted by Crippen LogP contribution is -2.35. The maximum absolute atomic E-state index is 4.44. The van der Waals surface area contributed by atoms with Gasteiger partial charge in [0.15, 0.2) is 0 Å². The van der Waals surface area contributed by atoms with Gasteiger partial charge in [0.1, 0.15) is 18.0 Å². The van der Waals surface area contributed by atoms with Crippen molar-refractivity contribution in [2.75, 3.05) is 44.0 Å². The number of likely N-dealkylation sites (tertiary alicyclic amines) is 1. The van der Waals surface area contributed by atoms with Gasteiger partial charge in [0.2, 0.25) is 0 Å². The third-order valence-corrected chi connectivity index (χ3v) is 4.56. The summed E-state index contributed by atoms with van der Waals surface area (Å²) in [5, 5.41) is 4.24. The number of hydrogen-bond donors (Lipinski definition) is 0. The Bertz CT molecular complexity index is 651. The SMILES string of the molecule is CN(C)c1cc(N(C)C2CCN(Cc3ccnn3C)C2)ncn1. The van der Waals surface area contributed by atoms with Crippen LogP contribution >= 0.6 is 0 Å². The van der Waals surface area contributed by atoms with Gasteiger partial charge in [-0.1, -0.05) is 0 Å². The Morgan fingerprint density at radius 2 is 2.00 bits per heavy atom. The number of hydrogen-bond acceptors (Lipinski definition) is 6. The van der Waals surface area contributed by atoms with E-state index in [0.29, 0.717) is 6.04 Å². The Morgan fingerprint density at radius 1 is 1.22 bits per heavy atom. The fraction of sp³-hybridized carbons (Fsp3) is 0.562. The van der Waals surface area contributed by atoms with Crippen molar-refractivity contribution in [1.82, 2.24) is 24.6 Å². The summed E-state index contributed by atoms with van der Waals surface area (Å²) in [5.74, 6) is 1.92. The molecule has 0 aromatic carbocycles. The summed E-state index contributed by atoms with van der Waals surface area (Å²) in [6.45, 7) is 3.10. The van der Waals surface area contributed by atoms with E-state index in [4.69, 9.17) is 0 Å². The minimum absolute atomic E-state index is 0.480. The van der Waals surface area contributed by atoms with E-state index in [0.717, 1.165) is 37.7 Å². The van der Waals surface area contributed by atoms with Gasteiger partial charge in [-0.05, 0) is 12.5 Å². The first kappa shape index (κ1) is 15.7. The van der Waals surface area contributed by atoms with E-state index in [2.05, 4.69) is 38.0 Å². The van der Waals surface area contributed by atoms with Crippen molar-refractivity contribution in [3.05, 3.63) is 30.4 Å². The first-order valence-electron chi connectivity index (χ1n) is 7.96. The molecule has 0 saturated carbocycles. The molecule has 2 aromatic rings. The molecule has 2 aromatic heterocycles. The summed E-state index contributed by atoms with van der Waals surface area (Å²) in [5.41, 5.74) is 1.25. The average molecular weight is 315 g/mol. The minimum Gasteiger partial charge on any atom is -0.363 e. The summed E-state index contributed by atoms with van der Waals surface area (Å²) in [4.78, 5) is 15.5. The topological polar surface area (TPSA) is 53.3 Å². The molecule has 7 nitrogen and oxygen atoms in total. The van der Waals surface area contributed by atoms with Crippen LogP contribution in [0.4, 0.5) is 11.6 Å². The summed E-state index contributed by atoms with van der Waals surface area (Å²) >= 11 is 0. The second-order valence-electron chi connectivity index (χ2n) is 6.36. The molecule has 0 radical (unpaired) electrons. The largest absolute Gasteiger partial charge is 0.363 e. The van der Waals surface area contributed by atoms with Gasteiger partial charge in [-0.15, -0.1) is 0 Å². The van der Waals surface area contributed by atoms with Gasteiger partial charge in [-0.3, -0.25) is 9.58 Å². The summed E-state index contributed by atoms with van der Waals surface area (Å²) in [7, 11) is 8.12. The summed E-state index contributed by atoms with van der Waals surface area (Å²) in [6, 6.07) is 4.61. The molecular formula is C16H25N7. The molecule has 0 N–H and O–H groups in total. The van der Waals surface area contributed by atoms with Crippen LogP contribution in [-0.2, 0) is 13.6 Å². The fourth-order valence-corrected chi connectivity index (χ4v) is 3.02. The van der Waals surface area contributed by atoms with Crippen molar-refractivity contribution in [2.45, 2.75) is 19.0 Å². The highest BCUT2D eigenvalue weighted by atomic mass is 15.3. The first-order valence-corrected chi connectivity index (χ1v) is 7.96. The molecular weight excluding hydrogens is 290 g/mol. The number of likely N-dealkylation sites (N-methyl/N-ethyl adjacent to an activating group) is 1. The van der Waals surface area contributed by atoms with Crippen LogP contribution in [0.15, 0.2) is 24.7 Å². The number of aryl methyl sites for hydroxylation is 1. The normalized spacial score (nSPS) is 18.3. The molecule has 124 valence electrons. The van der Waals surface area contributed by atoms with Crippen LogP contribution in [0.3, 0.4) is 0 Å². The van der Waals surface area contributed by atoms with Crippen LogP contribution in [0, 0.1) is 0 Å². The third-order valence-electron chi connectivity index (χ3n) is 4.56. The molecule has 1 aliphatic rings. The van der Waals surface area contributed by atoms with Crippen LogP contribution in [0.2, 0.25) is 0 Å². The lowest BCUT2D eigenvalue weighted by molar-refractivity contribution is 0.316. The molecule has 1 saturated heterocycles. The molecule has 0 amide bonds. The van der Waals surface area contributed by atoms with Gasteiger partial charge >= 0.3 is 0 Å². The molecule has 0 spiro atoms. The van der Waals surface area contributed by atoms with E-state index < -0.39 is 0 Å². The molecule has 0 aliphatic carbocycles. The van der Waals surface area contributed by atoms with E-state index in [-0.39, 0.29) is 0 Å². The van der Waals surface area contributed by atoms with Gasteiger partial charge in [-0.2, -0.15) is 5.10 Å². The number of nitrogens with zero attached hydrogens (tertiary/aromatic N) is 7. The maximum atomic E-state index is 4.44. The zero-order chi connectivity index (χ0) is 16.4. The highest BCUT2D eigenvalue weighted by Crippen LogP contribution is 2.22. The van der Waals surface area contributed by atoms with Gasteiger partial charge in [0, 0.05) is 66.1 Å². The highest BCUT2D eigenvalue weighted by molar-refractivity contribution is 5.49. The Morgan fingerprint density at radius 3 is 2.70 bits per heavy atom. The molecule has 1 unspecified atom stereocenters. The lowest BCUT2D eigenvalue weighted by atomic mass is 10.2. The monoisotopic (exact) mass is 315 g/mol. The maximum Gasteiger partial charge on any atom is 0.134 e. The van der Waals surface area contributed by atoms with Crippen LogP contribution < -0.4 is 9.80 Å². The molecule has 0 bridgehead atoms. The number of anilines is 2. The van der Waals surface area contributed by atoms with Crippen LogP contribution in [0.5, 0.6) is 0 Å². The zero-order valence-electron chi connectivity index (χ0n) is 14.3. The molecule has 3 heterocycles. The zero-order valence-corrected chi connectivity index (χ0v) is 14.3. The van der Waals surface area contributed by atoms with Crippen LogP contribution in [0.25, 0.3) is 0 Å². The first-order chi connectivity index (χ1) is 11.0. The Hall–Kier alpha value is -2.15. The van der Waals surface area contributed by atoms with E-state index in [1.807, 2.05) is 43.0 Å². The van der Waals surface area contributed by atoms with Gasteiger partial charge < -0.3 is 9.80 Å². The van der Waals surface area contributed by atoms with Crippen molar-refractivity contribution >= 4 is 11.6 Å². The van der Waals surface area contributed by atoms with E-state index in [1.54, 1.807) is 6.33 Å². The number of aromatic nitrogens is 4. The fourth-order valence-electron chi connectivity index (χ4n) is 3.02. The molecule has 23 heavy (non-hydrogen) atoms. The molecule has 1 atom stereocenters.